The first-order valence-corrected chi connectivity index (χ1v) is 5.20. The first-order chi connectivity index (χ1) is 6.68. The van der Waals surface area contributed by atoms with Crippen LogP contribution in [0.1, 0.15) is 11.1 Å². The number of quaternary nitrogens is 1. The molecule has 2 N–H and O–H groups in total. The third-order valence-corrected chi connectivity index (χ3v) is 2.24. The summed E-state index contributed by atoms with van der Waals surface area (Å²) in [7, 11) is 4.22. The highest BCUT2D eigenvalue weighted by Gasteiger charge is 1.96. The lowest BCUT2D eigenvalue weighted by Crippen LogP contribution is -2.84. The van der Waals surface area contributed by atoms with Crippen LogP contribution in [0.2, 0.25) is 0 Å². The van der Waals surface area contributed by atoms with Gasteiger partial charge in [0.2, 0.25) is 0 Å². The maximum absolute atomic E-state index is 2.36. The van der Waals surface area contributed by atoms with Crippen LogP contribution in [0, 0.1) is 6.92 Å². The molecule has 2 nitrogen and oxygen atoms in total. The summed E-state index contributed by atoms with van der Waals surface area (Å²) in [4.78, 5) is 2.22. The van der Waals surface area contributed by atoms with E-state index in [1.807, 2.05) is 0 Å². The summed E-state index contributed by atoms with van der Waals surface area (Å²) < 4.78 is 0. The molecule has 0 spiro atoms. The Balaban J connectivity index is 2.25. The van der Waals surface area contributed by atoms with Gasteiger partial charge in [-0.1, -0.05) is 29.8 Å². The Hall–Kier alpha value is -0.860. The van der Waals surface area contributed by atoms with Gasteiger partial charge in [-0.25, -0.2) is 0 Å². The molecule has 0 bridgehead atoms. The molecule has 0 radical (unpaired) electrons. The fraction of sp³-hybridized carbons (Fsp3) is 0.500. The van der Waals surface area contributed by atoms with Crippen LogP contribution in [-0.2, 0) is 6.54 Å². The van der Waals surface area contributed by atoms with E-state index in [9.17, 15) is 0 Å². The summed E-state index contributed by atoms with van der Waals surface area (Å²) in [6, 6.07) is 8.72. The SMILES string of the molecule is Cc1cccc(C[NH2+]CCN(C)C)c1. The van der Waals surface area contributed by atoms with Gasteiger partial charge in [0, 0.05) is 12.1 Å². The van der Waals surface area contributed by atoms with Crippen LogP contribution in [0.25, 0.3) is 0 Å². The van der Waals surface area contributed by atoms with Crippen molar-refractivity contribution in [2.75, 3.05) is 27.2 Å². The number of hydrogen-bond acceptors (Lipinski definition) is 1. The predicted molar refractivity (Wildman–Crippen MR) is 60.2 cm³/mol. The van der Waals surface area contributed by atoms with Gasteiger partial charge in [-0.3, -0.25) is 0 Å². The summed E-state index contributed by atoms with van der Waals surface area (Å²) in [6.45, 7) is 5.55. The molecule has 0 saturated carbocycles. The van der Waals surface area contributed by atoms with E-state index in [0.29, 0.717) is 0 Å². The van der Waals surface area contributed by atoms with E-state index < -0.39 is 0 Å². The smallest absolute Gasteiger partial charge is 0.101 e. The topological polar surface area (TPSA) is 19.9 Å². The summed E-state index contributed by atoms with van der Waals surface area (Å²) in [5, 5.41) is 2.36. The fourth-order valence-corrected chi connectivity index (χ4v) is 1.46. The molecule has 0 saturated heterocycles. The second-order valence-electron chi connectivity index (χ2n) is 4.07. The Labute approximate surface area is 86.9 Å². The molecule has 1 aromatic carbocycles. The van der Waals surface area contributed by atoms with Crippen LogP contribution >= 0.6 is 0 Å². The molecule has 78 valence electrons. The number of aryl methyl sites for hydroxylation is 1. The molecule has 0 amide bonds. The van der Waals surface area contributed by atoms with Gasteiger partial charge in [0.25, 0.3) is 0 Å². The molecule has 14 heavy (non-hydrogen) atoms. The molecule has 1 aromatic rings. The second kappa shape index (κ2) is 5.78. The average Bonchev–Trinajstić information content (AvgIpc) is 2.12. The zero-order valence-electron chi connectivity index (χ0n) is 9.46. The highest BCUT2D eigenvalue weighted by atomic mass is 15.1. The van der Waals surface area contributed by atoms with Crippen molar-refractivity contribution >= 4 is 0 Å². The van der Waals surface area contributed by atoms with Gasteiger partial charge in [-0.2, -0.15) is 0 Å². The second-order valence-corrected chi connectivity index (χ2v) is 4.07. The fourth-order valence-electron chi connectivity index (χ4n) is 1.46. The molecule has 0 aliphatic heterocycles. The first kappa shape index (κ1) is 11.2. The van der Waals surface area contributed by atoms with Crippen LogP contribution in [0.4, 0.5) is 0 Å². The number of likely N-dealkylation sites (N-methyl/N-ethyl adjacent to an activating group) is 1. The zero-order chi connectivity index (χ0) is 10.4. The maximum Gasteiger partial charge on any atom is 0.101 e. The predicted octanol–water partition coefficient (Wildman–Crippen LogP) is 0.620. The maximum atomic E-state index is 2.36. The van der Waals surface area contributed by atoms with E-state index in [0.717, 1.165) is 13.1 Å². The number of nitrogens with zero attached hydrogens (tertiary/aromatic N) is 1. The van der Waals surface area contributed by atoms with Gasteiger partial charge in [-0.05, 0) is 21.0 Å². The van der Waals surface area contributed by atoms with E-state index in [1.54, 1.807) is 0 Å². The van der Waals surface area contributed by atoms with Gasteiger partial charge in [0.1, 0.15) is 6.54 Å². The van der Waals surface area contributed by atoms with Crippen LogP contribution in [0.5, 0.6) is 0 Å². The summed E-state index contributed by atoms with van der Waals surface area (Å²) in [5.74, 6) is 0. The van der Waals surface area contributed by atoms with Gasteiger partial charge < -0.3 is 10.2 Å². The van der Waals surface area contributed by atoms with Crippen LogP contribution in [0.15, 0.2) is 24.3 Å². The quantitative estimate of drug-likeness (QED) is 0.680. The minimum absolute atomic E-state index is 1.09. The molecule has 0 aliphatic carbocycles. The number of nitrogens with two attached hydrogens (primary N) is 1. The monoisotopic (exact) mass is 193 g/mol. The molecule has 0 aliphatic rings. The molecule has 0 heterocycles. The van der Waals surface area contributed by atoms with E-state index in [4.69, 9.17) is 0 Å². The highest BCUT2D eigenvalue weighted by Crippen LogP contribution is 2.01. The molecular formula is C12H21N2+. The Morgan fingerprint density at radius 1 is 1.29 bits per heavy atom. The third kappa shape index (κ3) is 4.40. The third-order valence-electron chi connectivity index (χ3n) is 2.24. The van der Waals surface area contributed by atoms with Gasteiger partial charge in [0.15, 0.2) is 0 Å². The highest BCUT2D eigenvalue weighted by molar-refractivity contribution is 5.21. The number of rotatable bonds is 5. The normalized spacial score (nSPS) is 10.9. The van der Waals surface area contributed by atoms with Crippen molar-refractivity contribution < 1.29 is 5.32 Å². The first-order valence-electron chi connectivity index (χ1n) is 5.20. The molecular weight excluding hydrogens is 172 g/mol. The molecule has 0 aromatic heterocycles. The van der Waals surface area contributed by atoms with Crippen molar-refractivity contribution in [2.45, 2.75) is 13.5 Å². The van der Waals surface area contributed by atoms with Crippen LogP contribution in [-0.4, -0.2) is 32.1 Å². The standard InChI is InChI=1S/C12H20N2/c1-11-5-4-6-12(9-11)10-13-7-8-14(2)3/h4-6,9,13H,7-8,10H2,1-3H3/p+1. The minimum Gasteiger partial charge on any atom is -0.341 e. The van der Waals surface area contributed by atoms with Crippen molar-refractivity contribution in [2.24, 2.45) is 0 Å². The van der Waals surface area contributed by atoms with Crippen molar-refractivity contribution in [1.82, 2.24) is 4.90 Å². The Bertz CT molecular complexity index is 269. The van der Waals surface area contributed by atoms with Crippen LogP contribution in [0.3, 0.4) is 0 Å². The summed E-state index contributed by atoms with van der Waals surface area (Å²) >= 11 is 0. The summed E-state index contributed by atoms with van der Waals surface area (Å²) in [6.07, 6.45) is 0. The number of benzene rings is 1. The Morgan fingerprint density at radius 3 is 2.71 bits per heavy atom. The van der Waals surface area contributed by atoms with E-state index in [1.165, 1.54) is 17.7 Å². The minimum atomic E-state index is 1.09. The van der Waals surface area contributed by atoms with Crippen LogP contribution < -0.4 is 5.32 Å². The molecule has 0 unspecified atom stereocenters. The largest absolute Gasteiger partial charge is 0.341 e. The molecule has 1 rings (SSSR count). The van der Waals surface area contributed by atoms with Crippen molar-refractivity contribution in [3.8, 4) is 0 Å². The lowest BCUT2D eigenvalue weighted by Gasteiger charge is -2.08. The summed E-state index contributed by atoms with van der Waals surface area (Å²) in [5.41, 5.74) is 2.77. The Kier molecular flexibility index (Phi) is 4.63. The van der Waals surface area contributed by atoms with E-state index in [2.05, 4.69) is 55.5 Å². The average molecular weight is 193 g/mol. The lowest BCUT2D eigenvalue weighted by atomic mass is 10.1. The van der Waals surface area contributed by atoms with E-state index in [-0.39, 0.29) is 0 Å². The van der Waals surface area contributed by atoms with Gasteiger partial charge in [-0.15, -0.1) is 0 Å². The van der Waals surface area contributed by atoms with Crippen molar-refractivity contribution in [1.29, 1.82) is 0 Å². The molecule has 0 fully saturated rings. The van der Waals surface area contributed by atoms with Gasteiger partial charge >= 0.3 is 0 Å². The van der Waals surface area contributed by atoms with Crippen molar-refractivity contribution in [3.63, 3.8) is 0 Å². The molecule has 2 heteroatoms. The van der Waals surface area contributed by atoms with E-state index >= 15 is 0 Å². The Morgan fingerprint density at radius 2 is 2.07 bits per heavy atom. The lowest BCUT2D eigenvalue weighted by molar-refractivity contribution is -0.670. The number of hydrogen-bond donors (Lipinski definition) is 1. The van der Waals surface area contributed by atoms with Crippen molar-refractivity contribution in [3.05, 3.63) is 35.4 Å². The van der Waals surface area contributed by atoms with Gasteiger partial charge in [0.05, 0.1) is 6.54 Å². The molecule has 0 atom stereocenters. The zero-order valence-corrected chi connectivity index (χ0v) is 9.46.